The quantitative estimate of drug-likeness (QED) is 0.824. The number of aromatic nitrogens is 1. The second kappa shape index (κ2) is 6.76. The molecule has 0 aliphatic carbocycles. The third-order valence-corrected chi connectivity index (χ3v) is 3.34. The van der Waals surface area contributed by atoms with Crippen molar-refractivity contribution >= 4 is 34.7 Å². The first-order valence-corrected chi connectivity index (χ1v) is 7.07. The van der Waals surface area contributed by atoms with Crippen LogP contribution in [0.25, 0.3) is 0 Å². The molecule has 1 aromatic rings. The molecule has 0 radical (unpaired) electrons. The summed E-state index contributed by atoms with van der Waals surface area (Å²) in [5.41, 5.74) is 2.51. The molecule has 0 atom stereocenters. The number of alkyl halides is 1. The van der Waals surface area contributed by atoms with Gasteiger partial charge in [0.15, 0.2) is 5.82 Å². The highest BCUT2D eigenvalue weighted by Gasteiger charge is 2.20. The van der Waals surface area contributed by atoms with Gasteiger partial charge >= 0.3 is 0 Å². The van der Waals surface area contributed by atoms with Gasteiger partial charge in [-0.3, -0.25) is 4.79 Å². The minimum absolute atomic E-state index is 0.0837. The number of rotatable bonds is 4. The third-order valence-electron chi connectivity index (χ3n) is 3.10. The molecule has 1 aromatic heterocycles. The molecule has 0 unspecified atom stereocenters. The third kappa shape index (κ3) is 3.32. The maximum absolute atomic E-state index is 11.6. The zero-order valence-corrected chi connectivity index (χ0v) is 12.5. The van der Waals surface area contributed by atoms with Gasteiger partial charge in [-0.05, 0) is 13.0 Å². The number of ether oxygens (including phenoxy) is 1. The topological polar surface area (TPSA) is 66.5 Å². The predicted octanol–water partition coefficient (Wildman–Crippen LogP) is 1.45. The number of pyridine rings is 1. The van der Waals surface area contributed by atoms with Gasteiger partial charge in [-0.15, -0.1) is 11.6 Å². The Labute approximate surface area is 123 Å². The molecule has 0 bridgehead atoms. The van der Waals surface area contributed by atoms with E-state index in [1.807, 2.05) is 13.0 Å². The van der Waals surface area contributed by atoms with Crippen LogP contribution in [-0.4, -0.2) is 50.1 Å². The van der Waals surface area contributed by atoms with Crippen molar-refractivity contribution in [3.05, 3.63) is 11.8 Å². The van der Waals surface area contributed by atoms with E-state index in [9.17, 15) is 4.79 Å². The molecule has 1 amide bonds. The largest absolute Gasteiger partial charge is 0.378 e. The summed E-state index contributed by atoms with van der Waals surface area (Å²) in [4.78, 5) is 18.2. The lowest BCUT2D eigenvalue weighted by atomic mass is 10.2. The molecule has 1 saturated heterocycles. The van der Waals surface area contributed by atoms with Crippen LogP contribution in [0.5, 0.6) is 0 Å². The number of anilines is 3. The molecule has 0 spiro atoms. The van der Waals surface area contributed by atoms with E-state index in [1.54, 1.807) is 7.05 Å². The molecule has 2 N–H and O–H groups in total. The Kier molecular flexibility index (Phi) is 5.03. The first kappa shape index (κ1) is 14.9. The van der Waals surface area contributed by atoms with E-state index >= 15 is 0 Å². The lowest BCUT2D eigenvalue weighted by Crippen LogP contribution is -2.37. The molecular formula is C13H19ClN4O2. The van der Waals surface area contributed by atoms with Gasteiger partial charge in [0.25, 0.3) is 0 Å². The van der Waals surface area contributed by atoms with Crippen LogP contribution in [-0.2, 0) is 9.53 Å². The van der Waals surface area contributed by atoms with E-state index in [4.69, 9.17) is 16.3 Å². The Hall–Kier alpha value is -1.53. The maximum Gasteiger partial charge on any atom is 0.239 e. The average molecular weight is 299 g/mol. The standard InChI is InChI=1S/C13H19ClN4O2/c1-9-7-10(18-3-5-20-6-4-18)12(13(15-2)16-9)17-11(19)8-14/h7H,3-6,8H2,1-2H3,(H,15,16)(H,17,19). The van der Waals surface area contributed by atoms with Gasteiger partial charge in [0.2, 0.25) is 5.91 Å². The van der Waals surface area contributed by atoms with Crippen molar-refractivity contribution in [2.75, 3.05) is 54.8 Å². The minimum atomic E-state index is -0.247. The summed E-state index contributed by atoms with van der Waals surface area (Å²) in [6.45, 7) is 4.86. The van der Waals surface area contributed by atoms with Gasteiger partial charge in [-0.25, -0.2) is 4.98 Å². The number of amides is 1. The number of carbonyl (C=O) groups excluding carboxylic acids is 1. The molecule has 7 heteroatoms. The van der Waals surface area contributed by atoms with Crippen LogP contribution < -0.4 is 15.5 Å². The molecular weight excluding hydrogens is 280 g/mol. The fraction of sp³-hybridized carbons (Fsp3) is 0.538. The summed E-state index contributed by atoms with van der Waals surface area (Å²) in [6.07, 6.45) is 0. The highest BCUT2D eigenvalue weighted by Crippen LogP contribution is 2.33. The normalized spacial score (nSPS) is 15.1. The molecule has 0 aromatic carbocycles. The Bertz CT molecular complexity index is 490. The van der Waals surface area contributed by atoms with Crippen LogP contribution in [0.15, 0.2) is 6.07 Å². The maximum atomic E-state index is 11.6. The van der Waals surface area contributed by atoms with Gasteiger partial charge in [0.1, 0.15) is 11.6 Å². The number of carbonyl (C=O) groups is 1. The van der Waals surface area contributed by atoms with Crippen LogP contribution in [0.3, 0.4) is 0 Å². The summed E-state index contributed by atoms with van der Waals surface area (Å²) in [7, 11) is 1.78. The van der Waals surface area contributed by atoms with Crippen LogP contribution in [0.2, 0.25) is 0 Å². The number of halogens is 1. The highest BCUT2D eigenvalue weighted by molar-refractivity contribution is 6.29. The van der Waals surface area contributed by atoms with E-state index in [0.717, 1.165) is 24.5 Å². The molecule has 1 fully saturated rings. The molecule has 6 nitrogen and oxygen atoms in total. The zero-order valence-electron chi connectivity index (χ0n) is 11.7. The van der Waals surface area contributed by atoms with Crippen LogP contribution in [0.4, 0.5) is 17.2 Å². The van der Waals surface area contributed by atoms with Crippen LogP contribution in [0, 0.1) is 6.92 Å². The van der Waals surface area contributed by atoms with Gasteiger partial charge in [-0.1, -0.05) is 0 Å². The summed E-state index contributed by atoms with van der Waals surface area (Å²) in [5.74, 6) is 0.313. The number of hydrogen-bond donors (Lipinski definition) is 2. The Balaban J connectivity index is 2.40. The molecule has 1 aliphatic heterocycles. The number of hydrogen-bond acceptors (Lipinski definition) is 5. The molecule has 1 aliphatic rings. The Morgan fingerprint density at radius 3 is 2.80 bits per heavy atom. The van der Waals surface area contributed by atoms with Crippen molar-refractivity contribution in [3.63, 3.8) is 0 Å². The molecule has 2 rings (SSSR count). The molecule has 20 heavy (non-hydrogen) atoms. The predicted molar refractivity (Wildman–Crippen MR) is 80.9 cm³/mol. The van der Waals surface area contributed by atoms with E-state index in [-0.39, 0.29) is 11.8 Å². The smallest absolute Gasteiger partial charge is 0.239 e. The number of nitrogens with zero attached hydrogens (tertiary/aromatic N) is 2. The fourth-order valence-corrected chi connectivity index (χ4v) is 2.25. The summed E-state index contributed by atoms with van der Waals surface area (Å²) in [5, 5.41) is 5.84. The SMILES string of the molecule is CNc1nc(C)cc(N2CCOCC2)c1NC(=O)CCl. The first-order valence-electron chi connectivity index (χ1n) is 6.53. The zero-order chi connectivity index (χ0) is 14.5. The van der Waals surface area contributed by atoms with Crippen molar-refractivity contribution < 1.29 is 9.53 Å². The lowest BCUT2D eigenvalue weighted by molar-refractivity contribution is -0.113. The number of aryl methyl sites for hydroxylation is 1. The van der Waals surface area contributed by atoms with Crippen LogP contribution >= 0.6 is 11.6 Å². The molecule has 0 saturated carbocycles. The summed E-state index contributed by atoms with van der Waals surface area (Å²) in [6, 6.07) is 1.97. The number of morpholine rings is 1. The van der Waals surface area contributed by atoms with Crippen molar-refractivity contribution in [2.45, 2.75) is 6.92 Å². The first-order chi connectivity index (χ1) is 9.65. The minimum Gasteiger partial charge on any atom is -0.378 e. The second-order valence-corrected chi connectivity index (χ2v) is 4.80. The summed E-state index contributed by atoms with van der Waals surface area (Å²) >= 11 is 5.58. The molecule has 2 heterocycles. The van der Waals surface area contributed by atoms with Gasteiger partial charge < -0.3 is 20.3 Å². The van der Waals surface area contributed by atoms with E-state index in [0.29, 0.717) is 24.7 Å². The van der Waals surface area contributed by atoms with Gasteiger partial charge in [-0.2, -0.15) is 0 Å². The van der Waals surface area contributed by atoms with Crippen LogP contribution in [0.1, 0.15) is 5.69 Å². The van der Waals surface area contributed by atoms with Gasteiger partial charge in [0, 0.05) is 25.8 Å². The van der Waals surface area contributed by atoms with E-state index in [2.05, 4.69) is 20.5 Å². The fourth-order valence-electron chi connectivity index (χ4n) is 2.19. The summed E-state index contributed by atoms with van der Waals surface area (Å²) < 4.78 is 5.37. The van der Waals surface area contributed by atoms with Gasteiger partial charge in [0.05, 0.1) is 18.9 Å². The Morgan fingerprint density at radius 1 is 1.50 bits per heavy atom. The highest BCUT2D eigenvalue weighted by atomic mass is 35.5. The Morgan fingerprint density at radius 2 is 2.20 bits per heavy atom. The lowest BCUT2D eigenvalue weighted by Gasteiger charge is -2.31. The van der Waals surface area contributed by atoms with E-state index in [1.165, 1.54) is 0 Å². The van der Waals surface area contributed by atoms with Crippen molar-refractivity contribution in [1.82, 2.24) is 4.98 Å². The number of nitrogens with one attached hydrogen (secondary N) is 2. The second-order valence-electron chi connectivity index (χ2n) is 4.54. The average Bonchev–Trinajstić information content (AvgIpc) is 2.49. The van der Waals surface area contributed by atoms with Crippen molar-refractivity contribution in [3.8, 4) is 0 Å². The van der Waals surface area contributed by atoms with E-state index < -0.39 is 0 Å². The molecule has 110 valence electrons. The monoisotopic (exact) mass is 298 g/mol. The van der Waals surface area contributed by atoms with Crippen molar-refractivity contribution in [1.29, 1.82) is 0 Å². The van der Waals surface area contributed by atoms with Crippen molar-refractivity contribution in [2.24, 2.45) is 0 Å².